The van der Waals surface area contributed by atoms with Gasteiger partial charge in [0.25, 0.3) is 0 Å². The number of carbonyl (C=O) groups excluding carboxylic acids is 1. The lowest BCUT2D eigenvalue weighted by Gasteiger charge is -2.13. The molecule has 0 saturated carbocycles. The molecular formula is C14H20N2O2. The summed E-state index contributed by atoms with van der Waals surface area (Å²) >= 11 is 0. The van der Waals surface area contributed by atoms with E-state index in [1.165, 1.54) is 0 Å². The molecule has 0 bridgehead atoms. The summed E-state index contributed by atoms with van der Waals surface area (Å²) in [5.41, 5.74) is 8.42. The SMILES string of the molecule is CC(C)Cc1cc(N)c2c(c1)NC(=O)C(C)CO2. The molecule has 3 N–H and O–H groups in total. The monoisotopic (exact) mass is 248 g/mol. The summed E-state index contributed by atoms with van der Waals surface area (Å²) in [6.07, 6.45) is 0.933. The van der Waals surface area contributed by atoms with Gasteiger partial charge in [0.15, 0.2) is 5.75 Å². The predicted molar refractivity (Wildman–Crippen MR) is 72.7 cm³/mol. The van der Waals surface area contributed by atoms with Crippen LogP contribution in [0.3, 0.4) is 0 Å². The van der Waals surface area contributed by atoms with Crippen molar-refractivity contribution in [2.75, 3.05) is 17.7 Å². The summed E-state index contributed by atoms with van der Waals surface area (Å²) in [6, 6.07) is 3.89. The van der Waals surface area contributed by atoms with Crippen LogP contribution in [0.1, 0.15) is 26.3 Å². The van der Waals surface area contributed by atoms with E-state index in [-0.39, 0.29) is 11.8 Å². The number of hydrogen-bond acceptors (Lipinski definition) is 3. The van der Waals surface area contributed by atoms with Crippen molar-refractivity contribution in [3.63, 3.8) is 0 Å². The van der Waals surface area contributed by atoms with Gasteiger partial charge in [-0.15, -0.1) is 0 Å². The van der Waals surface area contributed by atoms with Gasteiger partial charge in [0.2, 0.25) is 5.91 Å². The molecule has 0 saturated heterocycles. The van der Waals surface area contributed by atoms with E-state index in [4.69, 9.17) is 10.5 Å². The summed E-state index contributed by atoms with van der Waals surface area (Å²) < 4.78 is 5.61. The molecule has 4 nitrogen and oxygen atoms in total. The molecule has 2 rings (SSSR count). The number of nitrogens with one attached hydrogen (secondary N) is 1. The Morgan fingerprint density at radius 1 is 1.50 bits per heavy atom. The molecule has 18 heavy (non-hydrogen) atoms. The van der Waals surface area contributed by atoms with Crippen LogP contribution in [0.5, 0.6) is 5.75 Å². The maximum atomic E-state index is 11.8. The van der Waals surface area contributed by atoms with Crippen LogP contribution in [-0.2, 0) is 11.2 Å². The molecule has 1 unspecified atom stereocenters. The summed E-state index contributed by atoms with van der Waals surface area (Å²) in [5, 5.41) is 2.88. The van der Waals surface area contributed by atoms with Crippen molar-refractivity contribution in [2.24, 2.45) is 11.8 Å². The quantitative estimate of drug-likeness (QED) is 0.790. The highest BCUT2D eigenvalue weighted by molar-refractivity contribution is 5.96. The van der Waals surface area contributed by atoms with Crippen LogP contribution in [-0.4, -0.2) is 12.5 Å². The average molecular weight is 248 g/mol. The molecule has 1 aliphatic rings. The number of carbonyl (C=O) groups is 1. The van der Waals surface area contributed by atoms with Crippen molar-refractivity contribution in [2.45, 2.75) is 27.2 Å². The van der Waals surface area contributed by atoms with Crippen molar-refractivity contribution in [3.05, 3.63) is 17.7 Å². The minimum absolute atomic E-state index is 0.0187. The van der Waals surface area contributed by atoms with Crippen LogP contribution in [0.2, 0.25) is 0 Å². The Kier molecular flexibility index (Phi) is 3.45. The largest absolute Gasteiger partial charge is 0.488 e. The fraction of sp³-hybridized carbons (Fsp3) is 0.500. The molecule has 98 valence electrons. The van der Waals surface area contributed by atoms with Gasteiger partial charge in [-0.05, 0) is 30.0 Å². The van der Waals surface area contributed by atoms with Crippen LogP contribution in [0.4, 0.5) is 11.4 Å². The summed E-state index contributed by atoms with van der Waals surface area (Å²) in [4.78, 5) is 11.8. The van der Waals surface area contributed by atoms with Crippen LogP contribution in [0.25, 0.3) is 0 Å². The standard InChI is InChI=1S/C14H20N2O2/c1-8(2)4-10-5-11(15)13-12(6-10)16-14(17)9(3)7-18-13/h5-6,8-9H,4,7,15H2,1-3H3,(H,16,17). The number of anilines is 2. The fourth-order valence-electron chi connectivity index (χ4n) is 2.10. The van der Waals surface area contributed by atoms with E-state index in [0.717, 1.165) is 12.0 Å². The Morgan fingerprint density at radius 3 is 2.89 bits per heavy atom. The highest BCUT2D eigenvalue weighted by Crippen LogP contribution is 2.35. The van der Waals surface area contributed by atoms with Gasteiger partial charge in [-0.2, -0.15) is 0 Å². The van der Waals surface area contributed by atoms with Gasteiger partial charge in [-0.3, -0.25) is 4.79 Å². The van der Waals surface area contributed by atoms with Gasteiger partial charge in [0.1, 0.15) is 0 Å². The first kappa shape index (κ1) is 12.7. The zero-order valence-corrected chi connectivity index (χ0v) is 11.1. The molecule has 1 amide bonds. The Bertz CT molecular complexity index is 469. The normalized spacial score (nSPS) is 18.9. The Hall–Kier alpha value is -1.71. The molecule has 0 radical (unpaired) electrons. The second-order valence-electron chi connectivity index (χ2n) is 5.36. The number of hydrogen-bond donors (Lipinski definition) is 2. The molecule has 0 fully saturated rings. The van der Waals surface area contributed by atoms with Gasteiger partial charge in [-0.1, -0.05) is 20.8 Å². The lowest BCUT2D eigenvalue weighted by molar-refractivity contribution is -0.119. The van der Waals surface area contributed by atoms with Crippen molar-refractivity contribution < 1.29 is 9.53 Å². The van der Waals surface area contributed by atoms with Gasteiger partial charge in [-0.25, -0.2) is 0 Å². The molecular weight excluding hydrogens is 228 g/mol. The van der Waals surface area contributed by atoms with Crippen LogP contribution < -0.4 is 15.8 Å². The highest BCUT2D eigenvalue weighted by Gasteiger charge is 2.22. The third-order valence-corrected chi connectivity index (χ3v) is 3.00. The molecule has 1 heterocycles. The highest BCUT2D eigenvalue weighted by atomic mass is 16.5. The topological polar surface area (TPSA) is 64.3 Å². The van der Waals surface area contributed by atoms with E-state index >= 15 is 0 Å². The molecule has 0 spiro atoms. The van der Waals surface area contributed by atoms with E-state index in [0.29, 0.717) is 29.6 Å². The average Bonchev–Trinajstić information content (AvgIpc) is 2.38. The number of ether oxygens (including phenoxy) is 1. The molecule has 4 heteroatoms. The molecule has 1 aromatic rings. The number of nitrogen functional groups attached to an aromatic ring is 1. The summed E-state index contributed by atoms with van der Waals surface area (Å²) in [5.74, 6) is 0.962. The zero-order valence-electron chi connectivity index (χ0n) is 11.1. The third-order valence-electron chi connectivity index (χ3n) is 3.00. The number of nitrogens with two attached hydrogens (primary N) is 1. The zero-order chi connectivity index (χ0) is 13.3. The molecule has 1 aliphatic heterocycles. The second kappa shape index (κ2) is 4.88. The Balaban J connectivity index is 2.37. The fourth-order valence-corrected chi connectivity index (χ4v) is 2.10. The van der Waals surface area contributed by atoms with Crippen molar-refractivity contribution in [3.8, 4) is 5.75 Å². The Morgan fingerprint density at radius 2 is 2.22 bits per heavy atom. The van der Waals surface area contributed by atoms with Crippen LogP contribution >= 0.6 is 0 Å². The first-order chi connectivity index (χ1) is 8.47. The Labute approximate surface area is 108 Å². The molecule has 1 aromatic carbocycles. The van der Waals surface area contributed by atoms with E-state index in [1.54, 1.807) is 0 Å². The first-order valence-electron chi connectivity index (χ1n) is 6.33. The summed E-state index contributed by atoms with van der Waals surface area (Å²) in [7, 11) is 0. The van der Waals surface area contributed by atoms with Crippen LogP contribution in [0, 0.1) is 11.8 Å². The van der Waals surface area contributed by atoms with E-state index < -0.39 is 0 Å². The smallest absolute Gasteiger partial charge is 0.230 e. The van der Waals surface area contributed by atoms with E-state index in [2.05, 4.69) is 19.2 Å². The molecule has 1 atom stereocenters. The second-order valence-corrected chi connectivity index (χ2v) is 5.36. The van der Waals surface area contributed by atoms with Gasteiger partial charge in [0.05, 0.1) is 23.9 Å². The van der Waals surface area contributed by atoms with E-state index in [9.17, 15) is 4.79 Å². The van der Waals surface area contributed by atoms with Crippen molar-refractivity contribution in [1.29, 1.82) is 0 Å². The number of benzene rings is 1. The minimum atomic E-state index is -0.162. The number of fused-ring (bicyclic) bond motifs is 1. The van der Waals surface area contributed by atoms with Gasteiger partial charge < -0.3 is 15.8 Å². The first-order valence-corrected chi connectivity index (χ1v) is 6.33. The van der Waals surface area contributed by atoms with E-state index in [1.807, 2.05) is 19.1 Å². The number of amides is 1. The van der Waals surface area contributed by atoms with Crippen molar-refractivity contribution >= 4 is 17.3 Å². The van der Waals surface area contributed by atoms with Gasteiger partial charge >= 0.3 is 0 Å². The van der Waals surface area contributed by atoms with Gasteiger partial charge in [0, 0.05) is 0 Å². The molecule has 0 aliphatic carbocycles. The van der Waals surface area contributed by atoms with Crippen molar-refractivity contribution in [1.82, 2.24) is 0 Å². The lowest BCUT2D eigenvalue weighted by Crippen LogP contribution is -2.22. The lowest BCUT2D eigenvalue weighted by atomic mass is 10.0. The maximum absolute atomic E-state index is 11.8. The number of rotatable bonds is 2. The van der Waals surface area contributed by atoms with Crippen LogP contribution in [0.15, 0.2) is 12.1 Å². The predicted octanol–water partition coefficient (Wildman–Crippen LogP) is 2.43. The third kappa shape index (κ3) is 2.58. The minimum Gasteiger partial charge on any atom is -0.488 e. The molecule has 0 aromatic heterocycles. The maximum Gasteiger partial charge on any atom is 0.230 e. The summed E-state index contributed by atoms with van der Waals surface area (Å²) in [6.45, 7) is 6.51.